The van der Waals surface area contributed by atoms with Crippen LogP contribution < -0.4 is 10.0 Å². The number of aryl methyl sites for hydroxylation is 2. The van der Waals surface area contributed by atoms with Crippen molar-refractivity contribution in [3.05, 3.63) is 56.9 Å². The summed E-state index contributed by atoms with van der Waals surface area (Å²) in [6.45, 7) is 7.30. The Labute approximate surface area is 161 Å². The van der Waals surface area contributed by atoms with Crippen molar-refractivity contribution >= 4 is 38.8 Å². The summed E-state index contributed by atoms with van der Waals surface area (Å²) in [5, 5.41) is 8.32. The zero-order chi connectivity index (χ0) is 19.8. The van der Waals surface area contributed by atoms with Gasteiger partial charge in [-0.1, -0.05) is 5.16 Å². The Hall–Kier alpha value is -2.65. The zero-order valence-corrected chi connectivity index (χ0v) is 16.9. The van der Waals surface area contributed by atoms with Crippen LogP contribution in [0, 0.1) is 27.7 Å². The van der Waals surface area contributed by atoms with Gasteiger partial charge in [0.15, 0.2) is 0 Å². The highest BCUT2D eigenvalue weighted by Gasteiger charge is 2.19. The van der Waals surface area contributed by atoms with Gasteiger partial charge in [0.2, 0.25) is 5.88 Å². The average molecular weight is 406 g/mol. The lowest BCUT2D eigenvalue weighted by atomic mass is 10.1. The van der Waals surface area contributed by atoms with E-state index in [0.717, 1.165) is 10.4 Å². The summed E-state index contributed by atoms with van der Waals surface area (Å²) in [6.07, 6.45) is 0. The van der Waals surface area contributed by atoms with Crippen molar-refractivity contribution < 1.29 is 17.7 Å². The van der Waals surface area contributed by atoms with Gasteiger partial charge in [-0.25, -0.2) is 13.1 Å². The van der Waals surface area contributed by atoms with Gasteiger partial charge < -0.3 is 9.84 Å². The molecule has 0 fully saturated rings. The van der Waals surface area contributed by atoms with Gasteiger partial charge in [0.05, 0.1) is 16.2 Å². The number of rotatable bonds is 5. The molecule has 1 aromatic carbocycles. The smallest absolute Gasteiger partial charge is 0.264 e. The quantitative estimate of drug-likeness (QED) is 0.667. The summed E-state index contributed by atoms with van der Waals surface area (Å²) < 4.78 is 32.3. The minimum Gasteiger partial charge on any atom is -0.337 e. The van der Waals surface area contributed by atoms with E-state index in [1.165, 1.54) is 23.5 Å². The maximum atomic E-state index is 12.5. The number of carbonyl (C=O) groups excluding carboxylic acids is 1. The van der Waals surface area contributed by atoms with E-state index >= 15 is 0 Å². The van der Waals surface area contributed by atoms with Crippen molar-refractivity contribution in [2.24, 2.45) is 0 Å². The molecule has 27 heavy (non-hydrogen) atoms. The topological polar surface area (TPSA) is 101 Å². The molecular formula is C18H19N3O4S2. The molecule has 0 atom stereocenters. The third-order valence-corrected chi connectivity index (χ3v) is 6.70. The number of nitrogens with zero attached hydrogens (tertiary/aromatic N) is 1. The molecule has 2 N–H and O–H groups in total. The molecule has 0 bridgehead atoms. The van der Waals surface area contributed by atoms with E-state index in [0.29, 0.717) is 22.5 Å². The SMILES string of the molecule is Cc1noc(NS(=O)(=O)c2ccc(NC(=O)c3csc(C)c3C)cc2)c1C. The monoisotopic (exact) mass is 405 g/mol. The summed E-state index contributed by atoms with van der Waals surface area (Å²) in [4.78, 5) is 13.5. The largest absolute Gasteiger partial charge is 0.337 e. The third-order valence-electron chi connectivity index (χ3n) is 4.34. The van der Waals surface area contributed by atoms with Crippen molar-refractivity contribution in [1.82, 2.24) is 5.16 Å². The summed E-state index contributed by atoms with van der Waals surface area (Å²) in [5.74, 6) is -0.133. The summed E-state index contributed by atoms with van der Waals surface area (Å²) in [7, 11) is -3.82. The van der Waals surface area contributed by atoms with Crippen molar-refractivity contribution in [3.63, 3.8) is 0 Å². The normalized spacial score (nSPS) is 11.4. The molecule has 3 aromatic rings. The molecule has 0 aliphatic rings. The molecule has 0 aliphatic carbocycles. The van der Waals surface area contributed by atoms with Gasteiger partial charge in [-0.3, -0.25) is 4.79 Å². The molecule has 0 unspecified atom stereocenters. The second kappa shape index (κ2) is 7.16. The number of hydrogen-bond donors (Lipinski definition) is 2. The van der Waals surface area contributed by atoms with Crippen LogP contribution in [0.4, 0.5) is 11.6 Å². The molecule has 7 nitrogen and oxygen atoms in total. The minimum atomic E-state index is -3.82. The molecule has 0 saturated heterocycles. The van der Waals surface area contributed by atoms with Crippen molar-refractivity contribution in [1.29, 1.82) is 0 Å². The summed E-state index contributed by atoms with van der Waals surface area (Å²) in [6, 6.07) is 5.92. The number of aromatic nitrogens is 1. The van der Waals surface area contributed by atoms with Crippen molar-refractivity contribution in [2.45, 2.75) is 32.6 Å². The second-order valence-electron chi connectivity index (χ2n) is 6.14. The Morgan fingerprint density at radius 3 is 2.26 bits per heavy atom. The van der Waals surface area contributed by atoms with E-state index in [1.54, 1.807) is 26.0 Å². The number of hydrogen-bond acceptors (Lipinski definition) is 6. The lowest BCUT2D eigenvalue weighted by Crippen LogP contribution is -2.14. The van der Waals surface area contributed by atoms with Crippen molar-refractivity contribution in [2.75, 3.05) is 10.0 Å². The van der Waals surface area contributed by atoms with Gasteiger partial charge in [0.1, 0.15) is 0 Å². The molecule has 142 valence electrons. The molecule has 2 aromatic heterocycles. The first-order valence-electron chi connectivity index (χ1n) is 8.11. The highest BCUT2D eigenvalue weighted by atomic mass is 32.2. The molecule has 0 spiro atoms. The number of anilines is 2. The van der Waals surface area contributed by atoms with Crippen LogP contribution in [0.1, 0.15) is 32.1 Å². The van der Waals surface area contributed by atoms with E-state index < -0.39 is 10.0 Å². The Kier molecular flexibility index (Phi) is 5.07. The van der Waals surface area contributed by atoms with Crippen molar-refractivity contribution in [3.8, 4) is 0 Å². The maximum absolute atomic E-state index is 12.5. The van der Waals surface area contributed by atoms with Crippen LogP contribution in [0.15, 0.2) is 39.1 Å². The number of carbonyl (C=O) groups is 1. The Balaban J connectivity index is 1.75. The van der Waals surface area contributed by atoms with Gasteiger partial charge in [-0.05, 0) is 57.5 Å². The first-order chi connectivity index (χ1) is 12.7. The lowest BCUT2D eigenvalue weighted by molar-refractivity contribution is 0.102. The van der Waals surface area contributed by atoms with E-state index in [9.17, 15) is 13.2 Å². The number of benzene rings is 1. The van der Waals surface area contributed by atoms with Crippen LogP contribution in [0.2, 0.25) is 0 Å². The first-order valence-corrected chi connectivity index (χ1v) is 10.5. The molecule has 1 amide bonds. The van der Waals surface area contributed by atoms with Gasteiger partial charge in [-0.15, -0.1) is 11.3 Å². The Morgan fingerprint density at radius 1 is 1.07 bits per heavy atom. The predicted octanol–water partition coefficient (Wildman–Crippen LogP) is 4.02. The first kappa shape index (κ1) is 19.1. The Morgan fingerprint density at radius 2 is 1.74 bits per heavy atom. The Bertz CT molecular complexity index is 1100. The minimum absolute atomic E-state index is 0.0523. The standard InChI is InChI=1S/C18H19N3O4S2/c1-10-12(3)20-25-18(10)21-27(23,24)15-7-5-14(6-8-15)19-17(22)16-9-26-13(4)11(16)2/h5-9,21H,1-4H3,(H,19,22). The maximum Gasteiger partial charge on any atom is 0.264 e. The highest BCUT2D eigenvalue weighted by molar-refractivity contribution is 7.92. The number of nitrogens with one attached hydrogen (secondary N) is 2. The fraction of sp³-hybridized carbons (Fsp3) is 0.222. The second-order valence-corrected chi connectivity index (χ2v) is 8.90. The van der Waals surface area contributed by atoms with Crippen LogP contribution in [0.25, 0.3) is 0 Å². The lowest BCUT2D eigenvalue weighted by Gasteiger charge is -2.08. The molecule has 0 aliphatic heterocycles. The predicted molar refractivity (Wildman–Crippen MR) is 105 cm³/mol. The molecule has 0 radical (unpaired) electrons. The van der Waals surface area contributed by atoms with Gasteiger partial charge in [-0.2, -0.15) is 0 Å². The van der Waals surface area contributed by atoms with Crippen LogP contribution in [-0.4, -0.2) is 19.5 Å². The number of thiophene rings is 1. The summed E-state index contributed by atoms with van der Waals surface area (Å²) >= 11 is 1.52. The van der Waals surface area contributed by atoms with E-state index in [4.69, 9.17) is 4.52 Å². The summed E-state index contributed by atoms with van der Waals surface area (Å²) in [5.41, 5.74) is 3.31. The fourth-order valence-electron chi connectivity index (χ4n) is 2.34. The van der Waals surface area contributed by atoms with Crippen LogP contribution in [0.5, 0.6) is 0 Å². The van der Waals surface area contributed by atoms with E-state index in [2.05, 4.69) is 15.2 Å². The number of amides is 1. The van der Waals surface area contributed by atoms with Gasteiger partial charge >= 0.3 is 0 Å². The van der Waals surface area contributed by atoms with Gasteiger partial charge in [0.25, 0.3) is 15.9 Å². The number of sulfonamides is 1. The van der Waals surface area contributed by atoms with Crippen LogP contribution >= 0.6 is 11.3 Å². The van der Waals surface area contributed by atoms with Gasteiger partial charge in [0, 0.05) is 21.5 Å². The van der Waals surface area contributed by atoms with Crippen LogP contribution in [0.3, 0.4) is 0 Å². The zero-order valence-electron chi connectivity index (χ0n) is 15.3. The average Bonchev–Trinajstić information content (AvgIpc) is 3.12. The molecule has 0 saturated carbocycles. The molecular weight excluding hydrogens is 386 g/mol. The molecule has 3 rings (SSSR count). The fourth-order valence-corrected chi connectivity index (χ4v) is 4.26. The molecule has 9 heteroatoms. The third kappa shape index (κ3) is 3.88. The molecule has 2 heterocycles. The van der Waals surface area contributed by atoms with E-state index in [-0.39, 0.29) is 16.7 Å². The van der Waals surface area contributed by atoms with Crippen LogP contribution in [-0.2, 0) is 10.0 Å². The van der Waals surface area contributed by atoms with E-state index in [1.807, 2.05) is 19.2 Å². The highest BCUT2D eigenvalue weighted by Crippen LogP contribution is 2.24.